The van der Waals surface area contributed by atoms with Crippen LogP contribution in [-0.2, 0) is 20.4 Å². The number of carbonyl (C=O) groups is 1. The smallest absolute Gasteiger partial charge is 0.248 e. The number of hydrogen-bond donors (Lipinski definition) is 3. The number of hydrogen-bond acceptors (Lipinski definition) is 8. The summed E-state index contributed by atoms with van der Waals surface area (Å²) in [5, 5.41) is 17.2. The zero-order chi connectivity index (χ0) is 25.8. The quantitative estimate of drug-likeness (QED) is 0.471. The minimum Gasteiger partial charge on any atom is -0.368 e. The van der Waals surface area contributed by atoms with Crippen LogP contribution in [0.4, 0.5) is 11.6 Å². The maximum Gasteiger partial charge on any atom is 0.248 e. The van der Waals surface area contributed by atoms with Crippen LogP contribution in [0.3, 0.4) is 0 Å². The molecule has 196 valence electrons. The summed E-state index contributed by atoms with van der Waals surface area (Å²) in [5.74, 6) is 0.157. The van der Waals surface area contributed by atoms with Gasteiger partial charge in [0.2, 0.25) is 21.9 Å². The lowest BCUT2D eigenvalue weighted by Gasteiger charge is -2.43. The van der Waals surface area contributed by atoms with Crippen molar-refractivity contribution in [2.24, 2.45) is 0 Å². The number of likely N-dealkylation sites (N-methyl/N-ethyl adjacent to an activating group) is 1. The molecule has 1 atom stereocenters. The van der Waals surface area contributed by atoms with Crippen molar-refractivity contribution in [3.63, 3.8) is 0 Å². The number of anilines is 2. The molecule has 1 unspecified atom stereocenters. The Morgan fingerprint density at radius 1 is 1.08 bits per heavy atom. The van der Waals surface area contributed by atoms with Gasteiger partial charge >= 0.3 is 0 Å². The molecule has 4 heterocycles. The Balaban J connectivity index is 1.29. The molecule has 0 bridgehead atoms. The van der Waals surface area contributed by atoms with Crippen molar-refractivity contribution in [2.75, 3.05) is 38.5 Å². The minimum atomic E-state index is -3.55. The van der Waals surface area contributed by atoms with Gasteiger partial charge < -0.3 is 25.2 Å². The molecule has 1 aliphatic carbocycles. The van der Waals surface area contributed by atoms with E-state index in [1.807, 2.05) is 17.7 Å². The lowest BCUT2D eigenvalue weighted by atomic mass is 9.79. The average molecular weight is 526 g/mol. The third kappa shape index (κ3) is 4.08. The lowest BCUT2D eigenvalue weighted by Crippen LogP contribution is -2.55. The first-order valence-corrected chi connectivity index (χ1v) is 14.2. The molecule has 2 fully saturated rings. The highest BCUT2D eigenvalue weighted by atomic mass is 32.2. The van der Waals surface area contributed by atoms with Crippen molar-refractivity contribution in [3.05, 3.63) is 42.2 Å². The number of aliphatic hydroxyl groups is 1. The number of aliphatic hydroxyl groups excluding tert-OH is 1. The number of carbonyl (C=O) groups excluding carboxylic acids is 1. The second kappa shape index (κ2) is 9.05. The Kier molecular flexibility index (Phi) is 5.94. The Labute approximate surface area is 215 Å². The molecule has 1 saturated heterocycles. The fourth-order valence-electron chi connectivity index (χ4n) is 5.76. The van der Waals surface area contributed by atoms with Crippen molar-refractivity contribution < 1.29 is 18.3 Å². The van der Waals surface area contributed by atoms with E-state index in [0.717, 1.165) is 24.6 Å². The molecule has 3 aliphatic rings. The number of fused-ring (bicyclic) bond motifs is 4. The summed E-state index contributed by atoms with van der Waals surface area (Å²) in [6.45, 7) is 2.37. The van der Waals surface area contributed by atoms with Crippen LogP contribution in [0, 0.1) is 0 Å². The molecule has 6 rings (SSSR count). The van der Waals surface area contributed by atoms with Crippen molar-refractivity contribution in [1.29, 1.82) is 0 Å². The van der Waals surface area contributed by atoms with E-state index in [1.54, 1.807) is 30.5 Å². The molecule has 12 heteroatoms. The van der Waals surface area contributed by atoms with Crippen molar-refractivity contribution >= 4 is 38.6 Å². The molecule has 3 N–H and O–H groups in total. The summed E-state index contributed by atoms with van der Waals surface area (Å²) < 4.78 is 29.5. The highest BCUT2D eigenvalue weighted by Crippen LogP contribution is 2.43. The molecule has 3 aromatic rings. The van der Waals surface area contributed by atoms with Gasteiger partial charge in [0.05, 0.1) is 10.6 Å². The van der Waals surface area contributed by atoms with E-state index in [-0.39, 0.29) is 10.8 Å². The Morgan fingerprint density at radius 2 is 1.78 bits per heavy atom. The van der Waals surface area contributed by atoms with E-state index < -0.39 is 21.8 Å². The molecule has 1 saturated carbocycles. The SMILES string of the molecule is CN1CCN(S(=O)(=O)c2ccc(Nc3ncc4cc5n(c4n3)C3(CCCCC3)C(=O)NC5O)cc2)CC1. The number of piperazine rings is 1. The monoisotopic (exact) mass is 525 g/mol. The zero-order valence-electron chi connectivity index (χ0n) is 20.7. The molecule has 11 nitrogen and oxygen atoms in total. The molecule has 1 amide bonds. The number of nitrogens with zero attached hydrogens (tertiary/aromatic N) is 5. The maximum absolute atomic E-state index is 13.1. The van der Waals surface area contributed by atoms with Crippen LogP contribution in [-0.4, -0.2) is 76.4 Å². The normalized spacial score (nSPS) is 22.6. The van der Waals surface area contributed by atoms with E-state index in [1.165, 1.54) is 4.31 Å². The number of sulfonamides is 1. The highest BCUT2D eigenvalue weighted by Gasteiger charge is 2.48. The summed E-state index contributed by atoms with van der Waals surface area (Å²) in [6.07, 6.45) is 4.91. The molecule has 0 radical (unpaired) electrons. The van der Waals surface area contributed by atoms with E-state index >= 15 is 0 Å². The van der Waals surface area contributed by atoms with Gasteiger partial charge in [-0.2, -0.15) is 9.29 Å². The predicted octanol–water partition coefficient (Wildman–Crippen LogP) is 1.89. The summed E-state index contributed by atoms with van der Waals surface area (Å²) in [7, 11) is -1.56. The van der Waals surface area contributed by atoms with Gasteiger partial charge in [-0.3, -0.25) is 4.79 Å². The van der Waals surface area contributed by atoms with Gasteiger partial charge in [-0.05, 0) is 50.2 Å². The number of aromatic nitrogens is 3. The molecular weight excluding hydrogens is 494 g/mol. The molecule has 1 aromatic carbocycles. The third-order valence-electron chi connectivity index (χ3n) is 7.86. The topological polar surface area (TPSA) is 133 Å². The van der Waals surface area contributed by atoms with Gasteiger partial charge in [0.15, 0.2) is 6.23 Å². The van der Waals surface area contributed by atoms with Crippen LogP contribution in [0.1, 0.15) is 44.0 Å². The first kappa shape index (κ1) is 24.3. The lowest BCUT2D eigenvalue weighted by molar-refractivity contribution is -0.138. The summed E-state index contributed by atoms with van der Waals surface area (Å²) in [6, 6.07) is 8.40. The second-order valence-electron chi connectivity index (χ2n) is 10.2. The van der Waals surface area contributed by atoms with Crippen molar-refractivity contribution in [2.45, 2.75) is 48.8 Å². The van der Waals surface area contributed by atoms with Crippen LogP contribution in [0.5, 0.6) is 0 Å². The standard InChI is InChI=1S/C25H31N7O4S/c1-30-11-13-31(14-12-30)37(35,36)19-7-5-18(6-8-19)27-24-26-16-17-15-20-22(33)29-23(34)25(9-3-2-4-10-25)32(20)21(17)28-24/h5-8,15-16,22,33H,2-4,9-14H2,1H3,(H,29,34)(H,26,27,28). The van der Waals surface area contributed by atoms with Gasteiger partial charge in [-0.15, -0.1) is 0 Å². The van der Waals surface area contributed by atoms with Gasteiger partial charge in [0.25, 0.3) is 0 Å². The van der Waals surface area contributed by atoms with Crippen LogP contribution in [0.2, 0.25) is 0 Å². The molecular formula is C25H31N7O4S. The highest BCUT2D eigenvalue weighted by molar-refractivity contribution is 7.89. The van der Waals surface area contributed by atoms with Gasteiger partial charge in [0, 0.05) is 43.4 Å². The van der Waals surface area contributed by atoms with Crippen LogP contribution in [0.15, 0.2) is 41.4 Å². The molecule has 37 heavy (non-hydrogen) atoms. The Morgan fingerprint density at radius 3 is 2.49 bits per heavy atom. The van der Waals surface area contributed by atoms with Gasteiger partial charge in [-0.1, -0.05) is 19.3 Å². The van der Waals surface area contributed by atoms with E-state index in [2.05, 4.69) is 20.5 Å². The van der Waals surface area contributed by atoms with Crippen molar-refractivity contribution in [3.8, 4) is 0 Å². The van der Waals surface area contributed by atoms with Crippen LogP contribution < -0.4 is 10.6 Å². The van der Waals surface area contributed by atoms with Crippen molar-refractivity contribution in [1.82, 2.24) is 29.1 Å². The number of amides is 1. The van der Waals surface area contributed by atoms with Gasteiger partial charge in [-0.25, -0.2) is 13.4 Å². The second-order valence-corrected chi connectivity index (χ2v) is 12.1. The first-order chi connectivity index (χ1) is 17.8. The van der Waals surface area contributed by atoms with E-state index in [4.69, 9.17) is 4.98 Å². The minimum absolute atomic E-state index is 0.171. The summed E-state index contributed by atoms with van der Waals surface area (Å²) in [4.78, 5) is 24.6. The van der Waals surface area contributed by atoms with Crippen LogP contribution >= 0.6 is 0 Å². The van der Waals surface area contributed by atoms with E-state index in [9.17, 15) is 18.3 Å². The Bertz CT molecular complexity index is 1440. The first-order valence-electron chi connectivity index (χ1n) is 12.7. The summed E-state index contributed by atoms with van der Waals surface area (Å²) in [5.41, 5.74) is 1.09. The van der Waals surface area contributed by atoms with E-state index in [0.29, 0.717) is 62.0 Å². The molecule has 2 aromatic heterocycles. The maximum atomic E-state index is 13.1. The molecule has 1 spiro atoms. The predicted molar refractivity (Wildman–Crippen MR) is 138 cm³/mol. The van der Waals surface area contributed by atoms with Crippen LogP contribution in [0.25, 0.3) is 11.0 Å². The number of nitrogens with one attached hydrogen (secondary N) is 2. The largest absolute Gasteiger partial charge is 0.368 e. The average Bonchev–Trinajstić information content (AvgIpc) is 3.29. The number of rotatable bonds is 4. The van der Waals surface area contributed by atoms with Gasteiger partial charge in [0.1, 0.15) is 11.2 Å². The third-order valence-corrected chi connectivity index (χ3v) is 9.77. The zero-order valence-corrected chi connectivity index (χ0v) is 21.5. The fraction of sp³-hybridized carbons (Fsp3) is 0.480. The fourth-order valence-corrected chi connectivity index (χ4v) is 7.18. The molecule has 2 aliphatic heterocycles. The summed E-state index contributed by atoms with van der Waals surface area (Å²) >= 11 is 0. The number of benzene rings is 1. The Hall–Kier alpha value is -3.06.